The molecule has 1 amide bonds. The number of esters is 1. The minimum atomic E-state index is -4.87. The Labute approximate surface area is 182 Å². The molecule has 0 unspecified atom stereocenters. The van der Waals surface area contributed by atoms with Crippen molar-refractivity contribution in [3.8, 4) is 0 Å². The van der Waals surface area contributed by atoms with Gasteiger partial charge >= 0.3 is 13.8 Å². The number of rotatable bonds is 7. The highest BCUT2D eigenvalue weighted by Crippen LogP contribution is 2.40. The van der Waals surface area contributed by atoms with Crippen LogP contribution in [0.4, 0.5) is 5.82 Å². The number of nitrogens with two attached hydrogens (primary N) is 2. The van der Waals surface area contributed by atoms with Crippen LogP contribution in [0.5, 0.6) is 0 Å². The average Bonchev–Trinajstić information content (AvgIpc) is 3.20. The van der Waals surface area contributed by atoms with Gasteiger partial charge in [0.05, 0.1) is 18.5 Å². The van der Waals surface area contributed by atoms with Gasteiger partial charge in [0, 0.05) is 0 Å². The number of phosphoric ester groups is 1. The van der Waals surface area contributed by atoms with Crippen molar-refractivity contribution in [2.45, 2.75) is 38.4 Å². The Kier molecular flexibility index (Phi) is 6.69. The molecule has 14 heteroatoms. The third-order valence-electron chi connectivity index (χ3n) is 4.99. The van der Waals surface area contributed by atoms with E-state index in [9.17, 15) is 19.3 Å². The van der Waals surface area contributed by atoms with E-state index in [0.717, 1.165) is 10.9 Å². The summed E-state index contributed by atoms with van der Waals surface area (Å²) in [6.45, 7) is 2.72. The predicted octanol–water partition coefficient (Wildman–Crippen LogP) is -0.226. The summed E-state index contributed by atoms with van der Waals surface area (Å²) in [6, 6.07) is 5.20. The summed E-state index contributed by atoms with van der Waals surface area (Å²) in [5.41, 5.74) is 12.4. The number of imidazole rings is 1. The lowest BCUT2D eigenvalue weighted by molar-refractivity contribution is -0.0566. The number of primary amides is 1. The topological polar surface area (TPSA) is 209 Å². The van der Waals surface area contributed by atoms with E-state index in [1.54, 1.807) is 32.0 Å². The highest BCUT2D eigenvalue weighted by atomic mass is 31.2. The number of carbonyl (C=O) groups is 2. The number of hydrogen-bond donors (Lipinski definition) is 5. The molecule has 174 valence electrons. The summed E-state index contributed by atoms with van der Waals surface area (Å²) in [7, 11) is -4.87. The van der Waals surface area contributed by atoms with Crippen LogP contribution in [0.3, 0.4) is 0 Å². The summed E-state index contributed by atoms with van der Waals surface area (Å²) in [4.78, 5) is 46.1. The standard InChI is InChI=1S/C18H23N4O9P/c1-8-4-3-5-9(2)11(8)18(25)31-14-13(23)10(6-29-32(26,27)28)30-17(14)22-7-21-12(15(22)19)16(20)24/h3-5,7,10,13-14,17,23H,6,19H2,1-2H3,(H2,20,24)(H2,26,27,28)/t10-,13-,14-,17-/m1/s1. The van der Waals surface area contributed by atoms with Gasteiger partial charge in [-0.25, -0.2) is 14.3 Å². The summed E-state index contributed by atoms with van der Waals surface area (Å²) in [5, 5.41) is 10.7. The maximum Gasteiger partial charge on any atom is 0.469 e. The lowest BCUT2D eigenvalue weighted by atomic mass is 10.0. The molecule has 7 N–H and O–H groups in total. The van der Waals surface area contributed by atoms with Gasteiger partial charge in [-0.3, -0.25) is 13.9 Å². The molecule has 13 nitrogen and oxygen atoms in total. The molecule has 1 aromatic carbocycles. The molecule has 1 fully saturated rings. The first-order valence-electron chi connectivity index (χ1n) is 9.33. The van der Waals surface area contributed by atoms with Crippen molar-refractivity contribution in [2.24, 2.45) is 5.73 Å². The SMILES string of the molecule is Cc1cccc(C)c1C(=O)O[C@@H]1[C@H](O)[C@@H](COP(=O)(O)O)O[C@H]1n1cnc(C(N)=O)c1N. The van der Waals surface area contributed by atoms with Crippen LogP contribution in [0.2, 0.25) is 0 Å². The number of phosphoric acid groups is 1. The molecular weight excluding hydrogens is 447 g/mol. The van der Waals surface area contributed by atoms with Crippen LogP contribution in [0.1, 0.15) is 38.2 Å². The third kappa shape index (κ3) is 4.83. The van der Waals surface area contributed by atoms with Crippen LogP contribution in [-0.2, 0) is 18.6 Å². The lowest BCUT2D eigenvalue weighted by Gasteiger charge is -2.23. The quantitative estimate of drug-likeness (QED) is 0.264. The molecule has 2 heterocycles. The molecule has 1 aliphatic heterocycles. The van der Waals surface area contributed by atoms with Crippen LogP contribution >= 0.6 is 7.82 Å². The van der Waals surface area contributed by atoms with Crippen LogP contribution in [0.25, 0.3) is 0 Å². The molecule has 1 aromatic heterocycles. The van der Waals surface area contributed by atoms with Crippen LogP contribution in [0.15, 0.2) is 24.5 Å². The second-order valence-electron chi connectivity index (χ2n) is 7.23. The summed E-state index contributed by atoms with van der Waals surface area (Å²) >= 11 is 0. The van der Waals surface area contributed by atoms with Gasteiger partial charge in [0.2, 0.25) is 0 Å². The van der Waals surface area contributed by atoms with E-state index >= 15 is 0 Å². The smallest absolute Gasteiger partial charge is 0.451 e. The zero-order chi connectivity index (χ0) is 23.8. The summed E-state index contributed by atoms with van der Waals surface area (Å²) < 4.78 is 27.8. The predicted molar refractivity (Wildman–Crippen MR) is 108 cm³/mol. The normalized spacial score (nSPS) is 23.3. The first-order valence-corrected chi connectivity index (χ1v) is 10.9. The highest BCUT2D eigenvalue weighted by molar-refractivity contribution is 7.46. The van der Waals surface area contributed by atoms with E-state index in [1.165, 1.54) is 0 Å². The van der Waals surface area contributed by atoms with E-state index in [2.05, 4.69) is 9.51 Å². The molecule has 4 atom stereocenters. The Morgan fingerprint density at radius 3 is 2.44 bits per heavy atom. The number of aryl methyl sites for hydroxylation is 2. The van der Waals surface area contributed by atoms with Crippen molar-refractivity contribution in [2.75, 3.05) is 12.3 Å². The van der Waals surface area contributed by atoms with Crippen molar-refractivity contribution < 1.29 is 43.0 Å². The second-order valence-corrected chi connectivity index (χ2v) is 8.47. The molecule has 0 bridgehead atoms. The number of carbonyl (C=O) groups excluding carboxylic acids is 2. The maximum atomic E-state index is 12.9. The van der Waals surface area contributed by atoms with Gasteiger partial charge in [-0.15, -0.1) is 0 Å². The molecule has 0 radical (unpaired) electrons. The Balaban J connectivity index is 1.94. The van der Waals surface area contributed by atoms with E-state index in [-0.39, 0.29) is 17.1 Å². The van der Waals surface area contributed by atoms with E-state index in [1.807, 2.05) is 0 Å². The Morgan fingerprint density at radius 1 is 1.28 bits per heavy atom. The van der Waals surface area contributed by atoms with Gasteiger partial charge in [0.1, 0.15) is 18.0 Å². The van der Waals surface area contributed by atoms with Crippen molar-refractivity contribution in [1.82, 2.24) is 9.55 Å². The fraction of sp³-hybridized carbons (Fsp3) is 0.389. The van der Waals surface area contributed by atoms with Crippen LogP contribution in [0, 0.1) is 13.8 Å². The second kappa shape index (κ2) is 8.98. The van der Waals surface area contributed by atoms with Gasteiger partial charge in [0.25, 0.3) is 5.91 Å². The Bertz CT molecular complexity index is 1060. The number of nitrogens with zero attached hydrogens (tertiary/aromatic N) is 2. The Morgan fingerprint density at radius 2 is 1.91 bits per heavy atom. The third-order valence-corrected chi connectivity index (χ3v) is 5.47. The van der Waals surface area contributed by atoms with Crippen molar-refractivity contribution in [1.29, 1.82) is 0 Å². The molecular formula is C18H23N4O9P. The molecule has 32 heavy (non-hydrogen) atoms. The zero-order valence-corrected chi connectivity index (χ0v) is 18.0. The monoisotopic (exact) mass is 470 g/mol. The van der Waals surface area contributed by atoms with Crippen LogP contribution < -0.4 is 11.5 Å². The highest BCUT2D eigenvalue weighted by Gasteiger charge is 2.49. The Hall–Kier alpha value is -2.80. The molecule has 0 aliphatic carbocycles. The molecule has 1 aliphatic rings. The molecule has 0 saturated carbocycles. The van der Waals surface area contributed by atoms with Crippen molar-refractivity contribution in [3.63, 3.8) is 0 Å². The maximum absolute atomic E-state index is 12.9. The number of anilines is 1. The first-order chi connectivity index (χ1) is 14.9. The number of nitrogen functional groups attached to an aromatic ring is 1. The van der Waals surface area contributed by atoms with E-state index < -0.39 is 50.8 Å². The van der Waals surface area contributed by atoms with Gasteiger partial charge in [-0.2, -0.15) is 0 Å². The van der Waals surface area contributed by atoms with Crippen LogP contribution in [-0.4, -0.2) is 61.2 Å². The number of ether oxygens (including phenoxy) is 2. The lowest BCUT2D eigenvalue weighted by Crippen LogP contribution is -2.37. The fourth-order valence-corrected chi connectivity index (χ4v) is 3.80. The minimum Gasteiger partial charge on any atom is -0.451 e. The number of aliphatic hydroxyl groups excluding tert-OH is 1. The van der Waals surface area contributed by atoms with Gasteiger partial charge in [-0.1, -0.05) is 18.2 Å². The number of aliphatic hydroxyl groups is 1. The zero-order valence-electron chi connectivity index (χ0n) is 17.1. The molecule has 0 spiro atoms. The summed E-state index contributed by atoms with van der Waals surface area (Å²) in [5.74, 6) is -1.88. The first kappa shape index (κ1) is 23.9. The fourth-order valence-electron chi connectivity index (χ4n) is 3.46. The average molecular weight is 470 g/mol. The molecule has 3 rings (SSSR count). The van der Waals surface area contributed by atoms with E-state index in [4.69, 9.17) is 30.7 Å². The largest absolute Gasteiger partial charge is 0.469 e. The van der Waals surface area contributed by atoms with Crippen molar-refractivity contribution in [3.05, 3.63) is 46.9 Å². The molecule has 1 saturated heterocycles. The van der Waals surface area contributed by atoms with E-state index in [0.29, 0.717) is 11.1 Å². The summed E-state index contributed by atoms with van der Waals surface area (Å²) in [6.07, 6.45) is -4.42. The van der Waals surface area contributed by atoms with Gasteiger partial charge in [0.15, 0.2) is 18.0 Å². The van der Waals surface area contributed by atoms with Crippen molar-refractivity contribution >= 4 is 25.5 Å². The minimum absolute atomic E-state index is 0.209. The number of aromatic nitrogens is 2. The number of benzene rings is 1. The number of hydrogen-bond acceptors (Lipinski definition) is 9. The van der Waals surface area contributed by atoms with Gasteiger partial charge < -0.3 is 35.8 Å². The molecule has 2 aromatic rings. The number of amides is 1. The van der Waals surface area contributed by atoms with Gasteiger partial charge in [-0.05, 0) is 25.0 Å².